The van der Waals surface area contributed by atoms with Crippen LogP contribution in [0.3, 0.4) is 0 Å². The molecule has 106 valence electrons. The summed E-state index contributed by atoms with van der Waals surface area (Å²) in [6.07, 6.45) is 6.09. The van der Waals surface area contributed by atoms with E-state index in [2.05, 4.69) is 40.2 Å². The second kappa shape index (κ2) is 5.34. The average Bonchev–Trinajstić information content (AvgIpc) is 3.16. The Morgan fingerprint density at radius 2 is 2.19 bits per heavy atom. The summed E-state index contributed by atoms with van der Waals surface area (Å²) in [4.78, 5) is 7.07. The molecule has 1 fully saturated rings. The third kappa shape index (κ3) is 2.45. The number of hydrogen-bond acceptors (Lipinski definition) is 3. The van der Waals surface area contributed by atoms with Gasteiger partial charge in [0.15, 0.2) is 0 Å². The molecule has 3 aromatic rings. The Balaban J connectivity index is 1.57. The number of benzene rings is 1. The number of aromatic nitrogens is 1. The number of hydrogen-bond donors (Lipinski definition) is 0. The molecular formula is C18H18N2O. The zero-order chi connectivity index (χ0) is 14.1. The SMILES string of the molecule is c1ccc([C@@H]2CCCN2Cc2ccc3occc3c2)nc1. The molecule has 0 saturated carbocycles. The van der Waals surface area contributed by atoms with Crippen LogP contribution in [0.5, 0.6) is 0 Å². The third-order valence-corrected chi connectivity index (χ3v) is 4.30. The van der Waals surface area contributed by atoms with E-state index in [0.717, 1.165) is 18.7 Å². The number of furan rings is 1. The summed E-state index contributed by atoms with van der Waals surface area (Å²) in [6.45, 7) is 2.12. The van der Waals surface area contributed by atoms with Crippen molar-refractivity contribution < 1.29 is 4.42 Å². The van der Waals surface area contributed by atoms with Crippen molar-refractivity contribution in [1.82, 2.24) is 9.88 Å². The number of likely N-dealkylation sites (tertiary alicyclic amines) is 1. The highest BCUT2D eigenvalue weighted by atomic mass is 16.3. The topological polar surface area (TPSA) is 29.3 Å². The van der Waals surface area contributed by atoms with Crippen LogP contribution in [0.25, 0.3) is 11.0 Å². The largest absolute Gasteiger partial charge is 0.464 e. The second-order valence-electron chi connectivity index (χ2n) is 5.68. The molecule has 1 aromatic carbocycles. The van der Waals surface area contributed by atoms with Crippen molar-refractivity contribution in [3.8, 4) is 0 Å². The lowest BCUT2D eigenvalue weighted by atomic mass is 10.1. The van der Waals surface area contributed by atoms with Crippen LogP contribution in [-0.2, 0) is 6.54 Å². The first-order valence-electron chi connectivity index (χ1n) is 7.51. The van der Waals surface area contributed by atoms with Gasteiger partial charge in [-0.1, -0.05) is 12.1 Å². The van der Waals surface area contributed by atoms with E-state index < -0.39 is 0 Å². The summed E-state index contributed by atoms with van der Waals surface area (Å²) >= 11 is 0. The molecular weight excluding hydrogens is 260 g/mol. The van der Waals surface area contributed by atoms with Gasteiger partial charge >= 0.3 is 0 Å². The summed E-state index contributed by atoms with van der Waals surface area (Å²) in [5.41, 5.74) is 3.49. The lowest BCUT2D eigenvalue weighted by Gasteiger charge is -2.24. The minimum atomic E-state index is 0.450. The van der Waals surface area contributed by atoms with Gasteiger partial charge in [0.25, 0.3) is 0 Å². The highest BCUT2D eigenvalue weighted by Gasteiger charge is 2.26. The van der Waals surface area contributed by atoms with Gasteiger partial charge in [0, 0.05) is 18.1 Å². The predicted octanol–water partition coefficient (Wildman–Crippen LogP) is 4.16. The molecule has 1 atom stereocenters. The lowest BCUT2D eigenvalue weighted by Crippen LogP contribution is -2.23. The monoisotopic (exact) mass is 278 g/mol. The summed E-state index contributed by atoms with van der Waals surface area (Å²) in [7, 11) is 0. The van der Waals surface area contributed by atoms with Crippen molar-refractivity contribution in [3.63, 3.8) is 0 Å². The minimum Gasteiger partial charge on any atom is -0.464 e. The standard InChI is InChI=1S/C18H18N2O/c1-2-9-19-16(4-1)17-5-3-10-20(17)13-14-6-7-18-15(12-14)8-11-21-18/h1-2,4,6-9,11-12,17H,3,5,10,13H2/t17-/m0/s1. The Bertz CT molecular complexity index is 735. The number of pyridine rings is 1. The number of fused-ring (bicyclic) bond motifs is 1. The van der Waals surface area contributed by atoms with E-state index in [1.807, 2.05) is 18.3 Å². The highest BCUT2D eigenvalue weighted by molar-refractivity contribution is 5.77. The molecule has 3 heteroatoms. The average molecular weight is 278 g/mol. The zero-order valence-electron chi connectivity index (χ0n) is 11.9. The van der Waals surface area contributed by atoms with Crippen LogP contribution in [0.4, 0.5) is 0 Å². The van der Waals surface area contributed by atoms with Gasteiger partial charge in [-0.15, -0.1) is 0 Å². The fourth-order valence-electron chi connectivity index (χ4n) is 3.27. The number of rotatable bonds is 3. The maximum absolute atomic E-state index is 5.41. The predicted molar refractivity (Wildman–Crippen MR) is 82.8 cm³/mol. The molecule has 0 aliphatic carbocycles. The fraction of sp³-hybridized carbons (Fsp3) is 0.278. The van der Waals surface area contributed by atoms with Gasteiger partial charge in [-0.3, -0.25) is 9.88 Å². The van der Waals surface area contributed by atoms with Gasteiger partial charge in [0.2, 0.25) is 0 Å². The van der Waals surface area contributed by atoms with Gasteiger partial charge < -0.3 is 4.42 Å². The zero-order valence-corrected chi connectivity index (χ0v) is 11.9. The molecule has 0 unspecified atom stereocenters. The van der Waals surface area contributed by atoms with E-state index in [4.69, 9.17) is 4.42 Å². The molecule has 1 saturated heterocycles. The van der Waals surface area contributed by atoms with Crippen molar-refractivity contribution >= 4 is 11.0 Å². The molecule has 3 nitrogen and oxygen atoms in total. The van der Waals surface area contributed by atoms with E-state index in [-0.39, 0.29) is 0 Å². The maximum atomic E-state index is 5.41. The van der Waals surface area contributed by atoms with Crippen molar-refractivity contribution in [3.05, 3.63) is 66.2 Å². The molecule has 0 N–H and O–H groups in total. The highest BCUT2D eigenvalue weighted by Crippen LogP contribution is 2.32. The van der Waals surface area contributed by atoms with E-state index in [0.29, 0.717) is 6.04 Å². The Kier molecular flexibility index (Phi) is 3.20. The summed E-state index contributed by atoms with van der Waals surface area (Å²) in [6, 6.07) is 15.1. The summed E-state index contributed by atoms with van der Waals surface area (Å²) in [5, 5.41) is 1.18. The first-order chi connectivity index (χ1) is 10.4. The first-order valence-corrected chi connectivity index (χ1v) is 7.51. The Hall–Kier alpha value is -2.13. The maximum Gasteiger partial charge on any atom is 0.133 e. The van der Waals surface area contributed by atoms with Crippen molar-refractivity contribution in [1.29, 1.82) is 0 Å². The quantitative estimate of drug-likeness (QED) is 0.720. The molecule has 4 rings (SSSR count). The molecule has 0 bridgehead atoms. The molecule has 2 aromatic heterocycles. The van der Waals surface area contributed by atoms with E-state index >= 15 is 0 Å². The lowest BCUT2D eigenvalue weighted by molar-refractivity contribution is 0.244. The first kappa shape index (κ1) is 12.6. The Morgan fingerprint density at radius 3 is 3.10 bits per heavy atom. The van der Waals surface area contributed by atoms with E-state index in [1.54, 1.807) is 6.26 Å². The van der Waals surface area contributed by atoms with Crippen LogP contribution in [0.15, 0.2) is 59.3 Å². The normalized spacial score (nSPS) is 19.3. The van der Waals surface area contributed by atoms with Crippen molar-refractivity contribution in [2.75, 3.05) is 6.54 Å². The third-order valence-electron chi connectivity index (χ3n) is 4.30. The van der Waals surface area contributed by atoms with Crippen LogP contribution in [-0.4, -0.2) is 16.4 Å². The second-order valence-corrected chi connectivity index (χ2v) is 5.68. The number of nitrogens with zero attached hydrogens (tertiary/aromatic N) is 2. The van der Waals surface area contributed by atoms with Crippen LogP contribution < -0.4 is 0 Å². The van der Waals surface area contributed by atoms with Gasteiger partial charge in [0.05, 0.1) is 18.0 Å². The van der Waals surface area contributed by atoms with Gasteiger partial charge in [0.1, 0.15) is 5.58 Å². The molecule has 0 amide bonds. The smallest absolute Gasteiger partial charge is 0.133 e. The Morgan fingerprint density at radius 1 is 1.19 bits per heavy atom. The van der Waals surface area contributed by atoms with Crippen molar-refractivity contribution in [2.24, 2.45) is 0 Å². The molecule has 1 aliphatic heterocycles. The minimum absolute atomic E-state index is 0.450. The van der Waals surface area contributed by atoms with Crippen LogP contribution in [0.2, 0.25) is 0 Å². The van der Waals surface area contributed by atoms with Gasteiger partial charge in [-0.2, -0.15) is 0 Å². The van der Waals surface area contributed by atoms with Crippen LogP contribution in [0, 0.1) is 0 Å². The summed E-state index contributed by atoms with van der Waals surface area (Å²) < 4.78 is 5.41. The molecule has 1 aliphatic rings. The van der Waals surface area contributed by atoms with Gasteiger partial charge in [-0.25, -0.2) is 0 Å². The fourth-order valence-corrected chi connectivity index (χ4v) is 3.27. The van der Waals surface area contributed by atoms with Crippen LogP contribution in [0.1, 0.15) is 30.1 Å². The Labute approximate surface area is 124 Å². The van der Waals surface area contributed by atoms with E-state index in [9.17, 15) is 0 Å². The van der Waals surface area contributed by atoms with Gasteiger partial charge in [-0.05, 0) is 55.3 Å². The van der Waals surface area contributed by atoms with Crippen LogP contribution >= 0.6 is 0 Å². The molecule has 0 radical (unpaired) electrons. The molecule has 0 spiro atoms. The van der Waals surface area contributed by atoms with Crippen molar-refractivity contribution in [2.45, 2.75) is 25.4 Å². The molecule has 3 heterocycles. The van der Waals surface area contributed by atoms with E-state index in [1.165, 1.54) is 29.5 Å². The summed E-state index contributed by atoms with van der Waals surface area (Å²) in [5.74, 6) is 0. The molecule has 21 heavy (non-hydrogen) atoms.